The molecular formula is C17H13F4N3O2S. The largest absolute Gasteiger partial charge is 0.282 e. The van der Waals surface area contributed by atoms with Crippen molar-refractivity contribution in [1.82, 2.24) is 14.8 Å². The van der Waals surface area contributed by atoms with Crippen LogP contribution in [0.1, 0.15) is 17.8 Å². The molecule has 0 unspecified atom stereocenters. The van der Waals surface area contributed by atoms with Crippen molar-refractivity contribution in [3.63, 3.8) is 0 Å². The van der Waals surface area contributed by atoms with Gasteiger partial charge < -0.3 is 0 Å². The number of alkyl halides is 2. The first-order chi connectivity index (χ1) is 12.6. The number of sulfone groups is 1. The average Bonchev–Trinajstić information content (AvgIpc) is 3.01. The molecule has 1 aromatic carbocycles. The van der Waals surface area contributed by atoms with Gasteiger partial charge >= 0.3 is 0 Å². The fourth-order valence-electron chi connectivity index (χ4n) is 2.59. The summed E-state index contributed by atoms with van der Waals surface area (Å²) in [4.78, 5) is 3.22. The van der Waals surface area contributed by atoms with Gasteiger partial charge in [0.2, 0.25) is 0 Å². The Morgan fingerprint density at radius 1 is 1.11 bits per heavy atom. The maximum absolute atomic E-state index is 14.6. The monoisotopic (exact) mass is 399 g/mol. The standard InChI is InChI=1S/C17H13F4N3O2S/c1-9-14(4-3-5-22-9)24-15(8-13(23-24)17(20)21)10-6-12(19)16(7-11(10)18)27(2,25)26/h3-8,17H,1-2H3. The number of hydrogen-bond acceptors (Lipinski definition) is 4. The quantitative estimate of drug-likeness (QED) is 0.625. The van der Waals surface area contributed by atoms with Crippen molar-refractivity contribution in [2.75, 3.05) is 6.26 Å². The zero-order valence-corrected chi connectivity index (χ0v) is 14.9. The first kappa shape index (κ1) is 19.0. The van der Waals surface area contributed by atoms with Crippen molar-refractivity contribution in [3.05, 3.63) is 59.6 Å². The summed E-state index contributed by atoms with van der Waals surface area (Å²) in [6, 6.07) is 5.18. The van der Waals surface area contributed by atoms with E-state index in [1.165, 1.54) is 12.3 Å². The van der Waals surface area contributed by atoms with Crippen molar-refractivity contribution in [2.24, 2.45) is 0 Å². The molecule has 5 nitrogen and oxygen atoms in total. The van der Waals surface area contributed by atoms with E-state index in [1.54, 1.807) is 13.0 Å². The second-order valence-electron chi connectivity index (χ2n) is 5.81. The molecule has 2 aromatic heterocycles. The lowest BCUT2D eigenvalue weighted by atomic mass is 10.1. The van der Waals surface area contributed by atoms with Gasteiger partial charge in [-0.3, -0.25) is 4.98 Å². The summed E-state index contributed by atoms with van der Waals surface area (Å²) in [6.45, 7) is 1.60. The highest BCUT2D eigenvalue weighted by Gasteiger charge is 2.24. The van der Waals surface area contributed by atoms with E-state index in [-0.39, 0.29) is 5.69 Å². The maximum Gasteiger partial charge on any atom is 0.282 e. The number of rotatable bonds is 4. The minimum Gasteiger partial charge on any atom is -0.259 e. The third kappa shape index (κ3) is 3.57. The van der Waals surface area contributed by atoms with Crippen molar-refractivity contribution in [1.29, 1.82) is 0 Å². The van der Waals surface area contributed by atoms with Crippen LogP contribution in [0.15, 0.2) is 41.4 Å². The van der Waals surface area contributed by atoms with Gasteiger partial charge in [-0.2, -0.15) is 5.10 Å². The highest BCUT2D eigenvalue weighted by atomic mass is 32.2. The van der Waals surface area contributed by atoms with E-state index < -0.39 is 44.1 Å². The van der Waals surface area contributed by atoms with Gasteiger partial charge in [0.05, 0.1) is 17.1 Å². The summed E-state index contributed by atoms with van der Waals surface area (Å²) >= 11 is 0. The first-order valence-corrected chi connectivity index (χ1v) is 9.48. The lowest BCUT2D eigenvalue weighted by Crippen LogP contribution is -2.06. The molecule has 0 aliphatic carbocycles. The van der Waals surface area contributed by atoms with E-state index in [2.05, 4.69) is 10.1 Å². The number of aryl methyl sites for hydroxylation is 1. The maximum atomic E-state index is 14.6. The molecule has 2 heterocycles. The summed E-state index contributed by atoms with van der Waals surface area (Å²) in [5.41, 5.74) is -0.469. The molecule has 0 aliphatic heterocycles. The Hall–Kier alpha value is -2.75. The number of nitrogens with zero attached hydrogens (tertiary/aromatic N) is 3. The van der Waals surface area contributed by atoms with Crippen molar-refractivity contribution >= 4 is 9.84 Å². The van der Waals surface area contributed by atoms with Crippen LogP contribution < -0.4 is 0 Å². The molecule has 0 spiro atoms. The van der Waals surface area contributed by atoms with E-state index in [4.69, 9.17) is 0 Å². The molecule has 0 saturated carbocycles. The lowest BCUT2D eigenvalue weighted by molar-refractivity contribution is 0.145. The molecule has 0 aliphatic rings. The molecule has 0 fully saturated rings. The molecular weight excluding hydrogens is 386 g/mol. The first-order valence-electron chi connectivity index (χ1n) is 7.59. The third-order valence-corrected chi connectivity index (χ3v) is 4.97. The summed E-state index contributed by atoms with van der Waals surface area (Å²) < 4.78 is 79.3. The van der Waals surface area contributed by atoms with Gasteiger partial charge in [-0.25, -0.2) is 30.7 Å². The van der Waals surface area contributed by atoms with Crippen LogP contribution in [0.5, 0.6) is 0 Å². The number of aromatic nitrogens is 3. The molecule has 10 heteroatoms. The molecule has 0 atom stereocenters. The lowest BCUT2D eigenvalue weighted by Gasteiger charge is -2.11. The number of halogens is 4. The zero-order valence-electron chi connectivity index (χ0n) is 14.1. The summed E-state index contributed by atoms with van der Waals surface area (Å²) in [5, 5.41) is 3.78. The van der Waals surface area contributed by atoms with E-state index in [9.17, 15) is 26.0 Å². The van der Waals surface area contributed by atoms with Crippen LogP contribution in [0.25, 0.3) is 16.9 Å². The van der Waals surface area contributed by atoms with E-state index >= 15 is 0 Å². The second kappa shape index (κ2) is 6.76. The Kier molecular flexibility index (Phi) is 4.77. The number of benzene rings is 1. The van der Waals surface area contributed by atoms with Crippen LogP contribution in [0.3, 0.4) is 0 Å². The third-order valence-electron chi connectivity index (χ3n) is 3.86. The van der Waals surface area contributed by atoms with Gasteiger partial charge in [0, 0.05) is 18.0 Å². The molecule has 3 rings (SSSR count). The zero-order chi connectivity index (χ0) is 19.9. The minimum absolute atomic E-state index is 0.155. The summed E-state index contributed by atoms with van der Waals surface area (Å²) in [5.74, 6) is -2.27. The summed E-state index contributed by atoms with van der Waals surface area (Å²) in [6.07, 6.45) is -0.718. The van der Waals surface area contributed by atoms with Crippen LogP contribution in [0.4, 0.5) is 17.6 Å². The molecule has 142 valence electrons. The fourth-order valence-corrected chi connectivity index (χ4v) is 3.32. The van der Waals surface area contributed by atoms with Gasteiger partial charge in [-0.05, 0) is 37.3 Å². The van der Waals surface area contributed by atoms with Crippen LogP contribution in [0.2, 0.25) is 0 Å². The molecule has 0 amide bonds. The molecule has 3 aromatic rings. The Labute approximate surface area is 152 Å². The minimum atomic E-state index is -4.00. The molecule has 0 saturated heterocycles. The van der Waals surface area contributed by atoms with Gasteiger partial charge in [0.25, 0.3) is 6.43 Å². The molecule has 27 heavy (non-hydrogen) atoms. The van der Waals surface area contributed by atoms with Gasteiger partial charge in [0.1, 0.15) is 22.2 Å². The predicted octanol–water partition coefficient (Wildman–Crippen LogP) is 3.86. The SMILES string of the molecule is Cc1ncccc1-n1nc(C(F)F)cc1-c1cc(F)c(S(C)(=O)=O)cc1F. The van der Waals surface area contributed by atoms with E-state index in [1.807, 2.05) is 0 Å². The molecule has 0 bridgehead atoms. The van der Waals surface area contributed by atoms with Gasteiger partial charge in [-0.15, -0.1) is 0 Å². The highest BCUT2D eigenvalue weighted by molar-refractivity contribution is 7.90. The highest BCUT2D eigenvalue weighted by Crippen LogP contribution is 2.32. The Morgan fingerprint density at radius 2 is 1.81 bits per heavy atom. The Bertz CT molecular complexity index is 1130. The fraction of sp³-hybridized carbons (Fsp3) is 0.176. The van der Waals surface area contributed by atoms with E-state index in [0.29, 0.717) is 23.5 Å². The van der Waals surface area contributed by atoms with Gasteiger partial charge in [-0.1, -0.05) is 0 Å². The normalized spacial score (nSPS) is 12.0. The van der Waals surface area contributed by atoms with Crippen molar-refractivity contribution in [2.45, 2.75) is 18.2 Å². The average molecular weight is 399 g/mol. The van der Waals surface area contributed by atoms with Crippen molar-refractivity contribution in [3.8, 4) is 16.9 Å². The van der Waals surface area contributed by atoms with Crippen molar-refractivity contribution < 1.29 is 26.0 Å². The topological polar surface area (TPSA) is 64.8 Å². The number of pyridine rings is 1. The van der Waals surface area contributed by atoms with Crippen LogP contribution >= 0.6 is 0 Å². The smallest absolute Gasteiger partial charge is 0.259 e. The van der Waals surface area contributed by atoms with E-state index in [0.717, 1.165) is 17.0 Å². The Morgan fingerprint density at radius 3 is 2.41 bits per heavy atom. The van der Waals surface area contributed by atoms with Crippen LogP contribution in [-0.2, 0) is 9.84 Å². The number of hydrogen-bond donors (Lipinski definition) is 0. The summed E-state index contributed by atoms with van der Waals surface area (Å²) in [7, 11) is -4.00. The predicted molar refractivity (Wildman–Crippen MR) is 89.5 cm³/mol. The van der Waals surface area contributed by atoms with Crippen LogP contribution in [0, 0.1) is 18.6 Å². The molecule has 0 N–H and O–H groups in total. The molecule has 0 radical (unpaired) electrons. The second-order valence-corrected chi connectivity index (χ2v) is 7.79. The Balaban J connectivity index is 2.29. The van der Waals surface area contributed by atoms with Gasteiger partial charge in [0.15, 0.2) is 9.84 Å². The van der Waals surface area contributed by atoms with Crippen LogP contribution in [-0.4, -0.2) is 29.4 Å².